The molecule has 0 aliphatic heterocycles. The van der Waals surface area contributed by atoms with Crippen LogP contribution < -0.4 is 45.4 Å². The average Bonchev–Trinajstić information content (AvgIpc) is 2.88. The zero-order chi connectivity index (χ0) is 25.3. The molecule has 0 spiro atoms. The number of aryl methyl sites for hydroxylation is 4. The van der Waals surface area contributed by atoms with Gasteiger partial charge in [-0.1, -0.05) is 62.8 Å². The number of pyridine rings is 2. The highest BCUT2D eigenvalue weighted by molar-refractivity contribution is 5.88. The first-order chi connectivity index (χ1) is 17.6. The summed E-state index contributed by atoms with van der Waals surface area (Å²) in [4.78, 5) is 0. The van der Waals surface area contributed by atoms with Crippen molar-refractivity contribution in [2.45, 2.75) is 91.1 Å². The zero-order valence-corrected chi connectivity index (χ0v) is 24.6. The lowest BCUT2D eigenvalue weighted by atomic mass is 10.1. The van der Waals surface area contributed by atoms with Gasteiger partial charge in [-0.15, -0.1) is 0 Å². The van der Waals surface area contributed by atoms with Crippen LogP contribution in [0.3, 0.4) is 0 Å². The van der Waals surface area contributed by atoms with E-state index in [0.717, 1.165) is 24.5 Å². The second kappa shape index (κ2) is 15.8. The first kappa shape index (κ1) is 31.7. The largest absolute Gasteiger partial charge is 1.00 e. The number of hydrogen-bond donors (Lipinski definition) is 2. The van der Waals surface area contributed by atoms with Gasteiger partial charge in [-0.05, 0) is 25.0 Å². The van der Waals surface area contributed by atoms with Crippen molar-refractivity contribution >= 4 is 33.2 Å². The van der Waals surface area contributed by atoms with E-state index in [9.17, 15) is 0 Å². The van der Waals surface area contributed by atoms with Gasteiger partial charge in [0.15, 0.2) is 11.4 Å². The van der Waals surface area contributed by atoms with E-state index < -0.39 is 0 Å². The molecule has 0 saturated carbocycles. The van der Waals surface area contributed by atoms with E-state index in [-0.39, 0.29) is 24.8 Å². The molecule has 4 N–H and O–H groups in total. The third-order valence-corrected chi connectivity index (χ3v) is 7.61. The van der Waals surface area contributed by atoms with E-state index in [1.807, 2.05) is 0 Å². The van der Waals surface area contributed by atoms with E-state index in [1.165, 1.54) is 97.4 Å². The van der Waals surface area contributed by atoms with Gasteiger partial charge in [-0.3, -0.25) is 0 Å². The van der Waals surface area contributed by atoms with Crippen LogP contribution in [-0.4, -0.2) is 0 Å². The summed E-state index contributed by atoms with van der Waals surface area (Å²) in [6, 6.07) is 21.2. The van der Waals surface area contributed by atoms with Gasteiger partial charge in [0.1, 0.15) is 13.1 Å². The quantitative estimate of drug-likeness (QED) is 0.191. The summed E-state index contributed by atoms with van der Waals surface area (Å²) in [6.45, 7) is 6.49. The van der Waals surface area contributed by atoms with Gasteiger partial charge in [0.2, 0.25) is 11.0 Å². The van der Waals surface area contributed by atoms with Crippen molar-refractivity contribution < 1.29 is 33.9 Å². The Bertz CT molecular complexity index is 1200. The molecular weight excluding hydrogens is 511 g/mol. The number of unbranched alkanes of at least 4 members (excludes halogenated alkanes) is 9. The van der Waals surface area contributed by atoms with E-state index in [1.54, 1.807) is 0 Å². The van der Waals surface area contributed by atoms with E-state index in [0.29, 0.717) is 0 Å². The highest BCUT2D eigenvalue weighted by Crippen LogP contribution is 2.20. The predicted molar refractivity (Wildman–Crippen MR) is 153 cm³/mol. The number of nitrogen functional groups attached to an aromatic ring is 2. The van der Waals surface area contributed by atoms with Crippen LogP contribution in [0.4, 0.5) is 11.4 Å². The summed E-state index contributed by atoms with van der Waals surface area (Å²) in [5.74, 6) is 0. The van der Waals surface area contributed by atoms with Crippen LogP contribution in [0, 0.1) is 13.8 Å². The van der Waals surface area contributed by atoms with Crippen LogP contribution in [0.5, 0.6) is 0 Å². The molecule has 0 radical (unpaired) electrons. The fourth-order valence-electron chi connectivity index (χ4n) is 5.60. The fraction of sp³-hybridized carbons (Fsp3) is 0.438. The maximum atomic E-state index is 6.23. The lowest BCUT2D eigenvalue weighted by molar-refractivity contribution is -0.678. The van der Waals surface area contributed by atoms with E-state index >= 15 is 0 Å². The summed E-state index contributed by atoms with van der Waals surface area (Å²) in [7, 11) is 0. The second-order valence-corrected chi connectivity index (χ2v) is 10.4. The fourth-order valence-corrected chi connectivity index (χ4v) is 5.60. The number of hydrogen-bond acceptors (Lipinski definition) is 2. The lowest BCUT2D eigenvalue weighted by Crippen LogP contribution is -3.00. The van der Waals surface area contributed by atoms with Crippen LogP contribution in [0.2, 0.25) is 0 Å². The first-order valence-electron chi connectivity index (χ1n) is 13.9. The molecule has 0 fully saturated rings. The Balaban J connectivity index is 0.00000253. The van der Waals surface area contributed by atoms with Gasteiger partial charge in [-0.2, -0.15) is 9.13 Å². The van der Waals surface area contributed by atoms with Crippen LogP contribution in [-0.2, 0) is 13.1 Å². The molecule has 2 aromatic heterocycles. The number of benzene rings is 2. The van der Waals surface area contributed by atoms with Gasteiger partial charge < -0.3 is 36.3 Å². The summed E-state index contributed by atoms with van der Waals surface area (Å²) in [5, 5.41) is 2.33. The minimum Gasteiger partial charge on any atom is -1.00 e. The molecule has 0 bridgehead atoms. The van der Waals surface area contributed by atoms with Crippen LogP contribution >= 0.6 is 0 Å². The van der Waals surface area contributed by atoms with Gasteiger partial charge in [0, 0.05) is 51.0 Å². The first-order valence-corrected chi connectivity index (χ1v) is 13.9. The molecule has 0 aliphatic rings. The van der Waals surface area contributed by atoms with E-state index in [2.05, 4.69) is 83.6 Å². The van der Waals surface area contributed by atoms with Gasteiger partial charge in [-0.25, -0.2) is 0 Å². The highest BCUT2D eigenvalue weighted by Gasteiger charge is 2.15. The van der Waals surface area contributed by atoms with Crippen molar-refractivity contribution in [2.24, 2.45) is 0 Å². The number of nitrogens with two attached hydrogens (primary N) is 2. The summed E-state index contributed by atoms with van der Waals surface area (Å²) < 4.78 is 4.86. The smallest absolute Gasteiger partial charge is 0.214 e. The Morgan fingerprint density at radius 3 is 1.18 bits per heavy atom. The van der Waals surface area contributed by atoms with Gasteiger partial charge in [0.25, 0.3) is 0 Å². The van der Waals surface area contributed by atoms with Crippen molar-refractivity contribution in [1.29, 1.82) is 0 Å². The maximum Gasteiger partial charge on any atom is 0.214 e. The molecule has 4 nitrogen and oxygen atoms in total. The molecule has 6 heteroatoms. The number of fused-ring (bicyclic) bond motifs is 2. The third kappa shape index (κ3) is 7.97. The Hall–Kier alpha value is -2.56. The SMILES string of the molecule is Cc1cc(N)c2ccccc2[n+]1CCCCCCCCCCCC[n+]1c(C)cc(N)c2ccccc21.[Cl-].[Cl-]. The van der Waals surface area contributed by atoms with Crippen LogP contribution in [0.15, 0.2) is 60.7 Å². The van der Waals surface area contributed by atoms with Crippen molar-refractivity contribution in [2.75, 3.05) is 11.5 Å². The van der Waals surface area contributed by atoms with Crippen molar-refractivity contribution in [1.82, 2.24) is 0 Å². The molecule has 0 amide bonds. The normalized spacial score (nSPS) is 10.9. The zero-order valence-electron chi connectivity index (χ0n) is 23.1. The lowest BCUT2D eigenvalue weighted by Gasteiger charge is -2.08. The number of para-hydroxylation sites is 2. The van der Waals surface area contributed by atoms with Gasteiger partial charge >= 0.3 is 0 Å². The monoisotopic (exact) mass is 554 g/mol. The highest BCUT2D eigenvalue weighted by atomic mass is 35.5. The van der Waals surface area contributed by atoms with Crippen LogP contribution in [0.1, 0.15) is 75.6 Å². The molecule has 2 heterocycles. The molecular formula is C32H44Cl2N4. The van der Waals surface area contributed by atoms with Crippen molar-refractivity contribution in [3.05, 3.63) is 72.1 Å². The molecule has 4 rings (SSSR count). The van der Waals surface area contributed by atoms with Crippen molar-refractivity contribution in [3.63, 3.8) is 0 Å². The summed E-state index contributed by atoms with van der Waals surface area (Å²) in [5.41, 5.74) is 19.2. The molecule has 0 unspecified atom stereocenters. The molecule has 4 aromatic rings. The van der Waals surface area contributed by atoms with Crippen LogP contribution in [0.25, 0.3) is 21.8 Å². The number of aromatic nitrogens is 2. The minimum absolute atomic E-state index is 0. The molecule has 0 saturated heterocycles. The number of halogens is 2. The molecule has 206 valence electrons. The number of nitrogens with zero attached hydrogens (tertiary/aromatic N) is 2. The molecule has 0 atom stereocenters. The number of rotatable bonds is 13. The Morgan fingerprint density at radius 2 is 0.816 bits per heavy atom. The summed E-state index contributed by atoms with van der Waals surface area (Å²) in [6.07, 6.45) is 13.2. The topological polar surface area (TPSA) is 59.8 Å². The molecule has 0 aliphatic carbocycles. The Morgan fingerprint density at radius 1 is 0.500 bits per heavy atom. The van der Waals surface area contributed by atoms with E-state index in [4.69, 9.17) is 11.5 Å². The average molecular weight is 556 g/mol. The van der Waals surface area contributed by atoms with Gasteiger partial charge in [0.05, 0.1) is 22.1 Å². The summed E-state index contributed by atoms with van der Waals surface area (Å²) >= 11 is 0. The van der Waals surface area contributed by atoms with Crippen molar-refractivity contribution in [3.8, 4) is 0 Å². The standard InChI is InChI=1S/C32H42N4.2ClH/c1-25-23-29(33)27-17-11-13-19-31(27)35(25)21-15-9-7-5-3-4-6-8-10-16-22-36-26(2)24-30(34)28-18-12-14-20-32(28)36;;/h11-14,17-20,23-24,33-34H,3-10,15-16,21-22H2,1-2H3;2*1H. The minimum atomic E-state index is 0. The second-order valence-electron chi connectivity index (χ2n) is 10.4. The maximum absolute atomic E-state index is 6.23. The molecule has 38 heavy (non-hydrogen) atoms. The Labute approximate surface area is 241 Å². The molecule has 2 aromatic carbocycles. The predicted octanol–water partition coefficient (Wildman–Crippen LogP) is 0.958. The Kier molecular flexibility index (Phi) is 13.1. The number of anilines is 2. The third-order valence-electron chi connectivity index (χ3n) is 7.61.